The minimum absolute atomic E-state index is 0. The Balaban J connectivity index is 0.00000480. The molecule has 176 valence electrons. The van der Waals surface area contributed by atoms with Gasteiger partial charge in [0.15, 0.2) is 5.96 Å². The van der Waals surface area contributed by atoms with Gasteiger partial charge in [-0.2, -0.15) is 0 Å². The number of ether oxygens (including phenoxy) is 1. The van der Waals surface area contributed by atoms with E-state index in [0.717, 1.165) is 31.3 Å². The summed E-state index contributed by atoms with van der Waals surface area (Å²) in [5.41, 5.74) is -0.493. The Hall–Kier alpha value is -1.49. The molecule has 1 saturated heterocycles. The predicted molar refractivity (Wildman–Crippen MR) is 138 cm³/mol. The van der Waals surface area contributed by atoms with Gasteiger partial charge < -0.3 is 25.2 Å². The predicted octanol–water partition coefficient (Wildman–Crippen LogP) is 3.60. The molecule has 0 radical (unpaired) electrons. The Morgan fingerprint density at radius 3 is 2.81 bits per heavy atom. The van der Waals surface area contributed by atoms with E-state index in [1.165, 1.54) is 0 Å². The van der Waals surface area contributed by atoms with E-state index in [1.54, 1.807) is 25.2 Å². The maximum absolute atomic E-state index is 12.1. The second-order valence-corrected chi connectivity index (χ2v) is 9.21. The molecule has 0 aliphatic carbocycles. The summed E-state index contributed by atoms with van der Waals surface area (Å²) in [4.78, 5) is 24.6. The maximum Gasteiger partial charge on any atom is 0.410 e. The van der Waals surface area contributed by atoms with E-state index in [2.05, 4.69) is 32.4 Å². The number of carbonyl (C=O) groups is 1. The SMILES string of the molecule is CN=C(NCC(C)CN(C)C(=O)OC(C)(C)C)NC1CCN(c2ncccc2Cl)C1.I. The van der Waals surface area contributed by atoms with Gasteiger partial charge in [0, 0.05) is 52.5 Å². The van der Waals surface area contributed by atoms with Gasteiger partial charge in [-0.3, -0.25) is 4.99 Å². The summed E-state index contributed by atoms with van der Waals surface area (Å²) in [6.45, 7) is 10.7. The summed E-state index contributed by atoms with van der Waals surface area (Å²) in [6.07, 6.45) is 2.43. The Morgan fingerprint density at radius 1 is 1.48 bits per heavy atom. The normalized spacial score (nSPS) is 17.6. The van der Waals surface area contributed by atoms with E-state index < -0.39 is 5.60 Å². The lowest BCUT2D eigenvalue weighted by molar-refractivity contribution is 0.0278. The number of hydrogen-bond acceptors (Lipinski definition) is 5. The lowest BCUT2D eigenvalue weighted by Crippen LogP contribution is -2.47. The summed E-state index contributed by atoms with van der Waals surface area (Å²) in [6, 6.07) is 3.96. The third kappa shape index (κ3) is 9.26. The zero-order valence-corrected chi connectivity index (χ0v) is 22.4. The molecule has 1 aliphatic heterocycles. The van der Waals surface area contributed by atoms with Crippen molar-refractivity contribution in [3.63, 3.8) is 0 Å². The quantitative estimate of drug-likeness (QED) is 0.311. The third-order valence-electron chi connectivity index (χ3n) is 4.70. The Bertz CT molecular complexity index is 743. The smallest absolute Gasteiger partial charge is 0.410 e. The van der Waals surface area contributed by atoms with Crippen molar-refractivity contribution in [3.05, 3.63) is 23.4 Å². The molecule has 0 aromatic carbocycles. The molecule has 2 heterocycles. The maximum atomic E-state index is 12.1. The molecule has 0 bridgehead atoms. The van der Waals surface area contributed by atoms with Crippen LogP contribution in [0.25, 0.3) is 0 Å². The van der Waals surface area contributed by atoms with E-state index in [0.29, 0.717) is 18.1 Å². The average molecular weight is 567 g/mol. The van der Waals surface area contributed by atoms with Crippen molar-refractivity contribution in [3.8, 4) is 0 Å². The number of pyridine rings is 1. The first-order valence-electron chi connectivity index (χ1n) is 10.4. The van der Waals surface area contributed by atoms with Crippen molar-refractivity contribution in [2.24, 2.45) is 10.9 Å². The fourth-order valence-electron chi connectivity index (χ4n) is 3.29. The molecule has 2 unspecified atom stereocenters. The van der Waals surface area contributed by atoms with Crippen molar-refractivity contribution in [1.82, 2.24) is 20.5 Å². The summed E-state index contributed by atoms with van der Waals surface area (Å²) >= 11 is 6.27. The second kappa shape index (κ2) is 12.5. The fraction of sp³-hybridized carbons (Fsp3) is 0.667. The molecule has 1 aromatic rings. The first kappa shape index (κ1) is 27.5. The number of guanidine groups is 1. The van der Waals surface area contributed by atoms with Crippen LogP contribution in [-0.2, 0) is 4.74 Å². The number of nitrogens with one attached hydrogen (secondary N) is 2. The Labute approximate surface area is 208 Å². The number of carbonyl (C=O) groups excluding carboxylic acids is 1. The van der Waals surface area contributed by atoms with Crippen molar-refractivity contribution < 1.29 is 9.53 Å². The van der Waals surface area contributed by atoms with E-state index in [9.17, 15) is 4.79 Å². The van der Waals surface area contributed by atoms with E-state index >= 15 is 0 Å². The summed E-state index contributed by atoms with van der Waals surface area (Å²) in [5, 5.41) is 7.49. The van der Waals surface area contributed by atoms with Gasteiger partial charge in [-0.15, -0.1) is 24.0 Å². The number of aromatic nitrogens is 1. The highest BCUT2D eigenvalue weighted by molar-refractivity contribution is 14.0. The number of halogens is 2. The van der Waals surface area contributed by atoms with Crippen LogP contribution in [0.1, 0.15) is 34.1 Å². The van der Waals surface area contributed by atoms with Crippen LogP contribution in [0.5, 0.6) is 0 Å². The van der Waals surface area contributed by atoms with Crippen LogP contribution in [0, 0.1) is 5.92 Å². The average Bonchev–Trinajstić information content (AvgIpc) is 3.12. The first-order chi connectivity index (χ1) is 14.1. The van der Waals surface area contributed by atoms with Gasteiger partial charge in [-0.05, 0) is 45.2 Å². The molecule has 2 atom stereocenters. The number of amides is 1. The van der Waals surface area contributed by atoms with Crippen LogP contribution in [0.2, 0.25) is 5.02 Å². The Morgan fingerprint density at radius 2 is 2.19 bits per heavy atom. The van der Waals surface area contributed by atoms with Gasteiger partial charge >= 0.3 is 6.09 Å². The number of anilines is 1. The van der Waals surface area contributed by atoms with Gasteiger partial charge in [0.2, 0.25) is 0 Å². The van der Waals surface area contributed by atoms with Crippen LogP contribution < -0.4 is 15.5 Å². The molecule has 10 heteroatoms. The van der Waals surface area contributed by atoms with Crippen LogP contribution in [-0.4, -0.2) is 73.9 Å². The highest BCUT2D eigenvalue weighted by atomic mass is 127. The van der Waals surface area contributed by atoms with Crippen molar-refractivity contribution in [1.29, 1.82) is 0 Å². The van der Waals surface area contributed by atoms with Gasteiger partial charge in [-0.1, -0.05) is 18.5 Å². The molecular weight excluding hydrogens is 531 g/mol. The molecule has 1 aromatic heterocycles. The number of nitrogens with zero attached hydrogens (tertiary/aromatic N) is 4. The molecule has 2 rings (SSSR count). The van der Waals surface area contributed by atoms with Crippen molar-refractivity contribution >= 4 is 53.4 Å². The number of aliphatic imine (C=N–C) groups is 1. The molecule has 1 aliphatic rings. The highest BCUT2D eigenvalue weighted by Gasteiger charge is 2.26. The zero-order chi connectivity index (χ0) is 22.3. The summed E-state index contributed by atoms with van der Waals surface area (Å²) < 4.78 is 5.40. The van der Waals surface area contributed by atoms with Gasteiger partial charge in [0.1, 0.15) is 11.4 Å². The van der Waals surface area contributed by atoms with Crippen molar-refractivity contribution in [2.45, 2.75) is 45.8 Å². The minimum Gasteiger partial charge on any atom is -0.444 e. The van der Waals surface area contributed by atoms with Crippen LogP contribution in [0.3, 0.4) is 0 Å². The fourth-order valence-corrected chi connectivity index (χ4v) is 3.53. The molecule has 1 fully saturated rings. The highest BCUT2D eigenvalue weighted by Crippen LogP contribution is 2.25. The standard InChI is InChI=1S/C21H35ClN6O2.HI/c1-15(13-27(6)20(29)30-21(2,3)4)12-25-19(23-5)26-16-9-11-28(14-16)18-17(22)8-7-10-24-18;/h7-8,10,15-16H,9,11-14H2,1-6H3,(H2,23,25,26);1H. The molecule has 8 nitrogen and oxygen atoms in total. The molecular formula is C21H36ClIN6O2. The zero-order valence-electron chi connectivity index (χ0n) is 19.3. The lowest BCUT2D eigenvalue weighted by atomic mass is 10.1. The van der Waals surface area contributed by atoms with Crippen molar-refractivity contribution in [2.75, 3.05) is 45.2 Å². The van der Waals surface area contributed by atoms with Gasteiger partial charge in [0.05, 0.1) is 5.02 Å². The van der Waals surface area contributed by atoms with Crippen LogP contribution in [0.15, 0.2) is 23.3 Å². The largest absolute Gasteiger partial charge is 0.444 e. The molecule has 0 saturated carbocycles. The monoisotopic (exact) mass is 566 g/mol. The summed E-state index contributed by atoms with van der Waals surface area (Å²) in [5.74, 6) is 1.81. The topological polar surface area (TPSA) is 82.1 Å². The lowest BCUT2D eigenvalue weighted by Gasteiger charge is -2.27. The Kier molecular flexibility index (Phi) is 11.1. The molecule has 2 N–H and O–H groups in total. The molecule has 0 spiro atoms. The van der Waals surface area contributed by atoms with E-state index in [4.69, 9.17) is 16.3 Å². The number of rotatable bonds is 6. The second-order valence-electron chi connectivity index (χ2n) is 8.80. The van der Waals surface area contributed by atoms with Crippen LogP contribution in [0.4, 0.5) is 10.6 Å². The van der Waals surface area contributed by atoms with Crippen LogP contribution >= 0.6 is 35.6 Å². The van der Waals surface area contributed by atoms with Gasteiger partial charge in [0.25, 0.3) is 0 Å². The summed E-state index contributed by atoms with van der Waals surface area (Å²) in [7, 11) is 3.52. The first-order valence-corrected chi connectivity index (χ1v) is 10.7. The van der Waals surface area contributed by atoms with E-state index in [1.807, 2.05) is 32.9 Å². The van der Waals surface area contributed by atoms with E-state index in [-0.39, 0.29) is 42.0 Å². The molecule has 1 amide bonds. The van der Waals surface area contributed by atoms with Gasteiger partial charge in [-0.25, -0.2) is 9.78 Å². The molecule has 31 heavy (non-hydrogen) atoms. The minimum atomic E-state index is -0.493. The third-order valence-corrected chi connectivity index (χ3v) is 4.99. The number of hydrogen-bond donors (Lipinski definition) is 2.